The van der Waals surface area contributed by atoms with E-state index in [-0.39, 0.29) is 11.6 Å². The van der Waals surface area contributed by atoms with Crippen molar-refractivity contribution in [1.82, 2.24) is 10.2 Å². The molecule has 1 rings (SSSR count). The van der Waals surface area contributed by atoms with Crippen LogP contribution in [0.4, 0.5) is 5.82 Å². The largest absolute Gasteiger partial charge is 0.368 e. The van der Waals surface area contributed by atoms with Crippen molar-refractivity contribution < 1.29 is 4.79 Å². The van der Waals surface area contributed by atoms with Crippen molar-refractivity contribution in [1.29, 1.82) is 5.26 Å². The van der Waals surface area contributed by atoms with Crippen LogP contribution in [0.1, 0.15) is 19.5 Å². The predicted molar refractivity (Wildman–Crippen MR) is 58.2 cm³/mol. The van der Waals surface area contributed by atoms with E-state index in [9.17, 15) is 4.79 Å². The first kappa shape index (κ1) is 11.9. The smallest absolute Gasteiger partial charge is 0.240 e. The molecule has 1 aromatic rings. The van der Waals surface area contributed by atoms with Crippen molar-refractivity contribution in [2.75, 3.05) is 5.32 Å². The molecule has 0 saturated heterocycles. The Bertz CT molecular complexity index is 406. The summed E-state index contributed by atoms with van der Waals surface area (Å²) in [4.78, 5) is 11.1. The molecule has 0 aromatic carbocycles. The molecule has 0 aliphatic carbocycles. The van der Waals surface area contributed by atoms with E-state index in [0.29, 0.717) is 5.82 Å². The highest BCUT2D eigenvalue weighted by Crippen LogP contribution is 2.09. The molecule has 0 bridgehead atoms. The normalized spacial score (nSPS) is 11.9. The molecule has 6 heteroatoms. The second-order valence-corrected chi connectivity index (χ2v) is 3.68. The Hall–Kier alpha value is -2.16. The second kappa shape index (κ2) is 5.07. The van der Waals surface area contributed by atoms with E-state index >= 15 is 0 Å². The minimum atomic E-state index is -0.498. The zero-order valence-corrected chi connectivity index (χ0v) is 9.14. The minimum absolute atomic E-state index is 0.0509. The van der Waals surface area contributed by atoms with Crippen LogP contribution in [-0.4, -0.2) is 22.1 Å². The summed E-state index contributed by atoms with van der Waals surface area (Å²) in [6.45, 7) is 3.75. The highest BCUT2D eigenvalue weighted by molar-refractivity contribution is 5.82. The summed E-state index contributed by atoms with van der Waals surface area (Å²) in [5.74, 6) is 0.0348. The fraction of sp³-hybridized carbons (Fsp3) is 0.400. The van der Waals surface area contributed by atoms with E-state index in [1.54, 1.807) is 6.07 Å². The number of aromatic nitrogens is 2. The van der Waals surface area contributed by atoms with Crippen LogP contribution in [0, 0.1) is 17.2 Å². The molecule has 6 nitrogen and oxygen atoms in total. The lowest BCUT2D eigenvalue weighted by Crippen LogP contribution is -2.39. The van der Waals surface area contributed by atoms with Crippen molar-refractivity contribution in [3.8, 4) is 6.07 Å². The first-order valence-corrected chi connectivity index (χ1v) is 4.84. The average molecular weight is 219 g/mol. The summed E-state index contributed by atoms with van der Waals surface area (Å²) in [6.07, 6.45) is 0. The zero-order valence-electron chi connectivity index (χ0n) is 9.14. The Morgan fingerprint density at radius 3 is 2.56 bits per heavy atom. The van der Waals surface area contributed by atoms with E-state index in [1.165, 1.54) is 6.07 Å². The van der Waals surface area contributed by atoms with Gasteiger partial charge in [-0.05, 0) is 18.1 Å². The Morgan fingerprint density at radius 1 is 1.50 bits per heavy atom. The van der Waals surface area contributed by atoms with E-state index in [2.05, 4.69) is 15.5 Å². The number of nitriles is 1. The Labute approximate surface area is 93.5 Å². The fourth-order valence-corrected chi connectivity index (χ4v) is 1.19. The molecule has 0 spiro atoms. The number of hydrogen-bond acceptors (Lipinski definition) is 5. The number of hydrogen-bond donors (Lipinski definition) is 2. The third kappa shape index (κ3) is 2.92. The van der Waals surface area contributed by atoms with Crippen LogP contribution in [0.15, 0.2) is 12.1 Å². The first-order valence-electron chi connectivity index (χ1n) is 4.84. The molecule has 1 aromatic heterocycles. The number of carbonyl (C=O) groups excluding carboxylic acids is 1. The molecule has 1 heterocycles. The van der Waals surface area contributed by atoms with Crippen LogP contribution < -0.4 is 11.1 Å². The van der Waals surface area contributed by atoms with Crippen molar-refractivity contribution in [3.63, 3.8) is 0 Å². The van der Waals surface area contributed by atoms with Crippen LogP contribution in [0.25, 0.3) is 0 Å². The lowest BCUT2D eigenvalue weighted by atomic mass is 10.0. The summed E-state index contributed by atoms with van der Waals surface area (Å²) in [6, 6.07) is 4.47. The maximum Gasteiger partial charge on any atom is 0.240 e. The van der Waals surface area contributed by atoms with E-state index in [1.807, 2.05) is 19.9 Å². The summed E-state index contributed by atoms with van der Waals surface area (Å²) >= 11 is 0. The Kier molecular flexibility index (Phi) is 3.78. The van der Waals surface area contributed by atoms with Crippen LogP contribution in [0.5, 0.6) is 0 Å². The van der Waals surface area contributed by atoms with Gasteiger partial charge in [-0.25, -0.2) is 0 Å². The van der Waals surface area contributed by atoms with Crippen LogP contribution in [0.2, 0.25) is 0 Å². The van der Waals surface area contributed by atoms with Gasteiger partial charge >= 0.3 is 0 Å². The van der Waals surface area contributed by atoms with Crippen molar-refractivity contribution in [2.45, 2.75) is 19.9 Å². The van der Waals surface area contributed by atoms with Gasteiger partial charge in [-0.1, -0.05) is 13.8 Å². The number of amides is 1. The molecule has 1 amide bonds. The van der Waals surface area contributed by atoms with Gasteiger partial charge < -0.3 is 11.1 Å². The molecule has 0 radical (unpaired) electrons. The monoisotopic (exact) mass is 219 g/mol. The van der Waals surface area contributed by atoms with Crippen LogP contribution in [-0.2, 0) is 4.79 Å². The van der Waals surface area contributed by atoms with Gasteiger partial charge in [0.1, 0.15) is 17.9 Å². The van der Waals surface area contributed by atoms with Gasteiger partial charge in [-0.15, -0.1) is 10.2 Å². The highest BCUT2D eigenvalue weighted by Gasteiger charge is 2.19. The number of primary amides is 1. The lowest BCUT2D eigenvalue weighted by Gasteiger charge is -2.18. The van der Waals surface area contributed by atoms with Crippen LogP contribution >= 0.6 is 0 Å². The average Bonchev–Trinajstić information content (AvgIpc) is 2.25. The molecular formula is C10H13N5O. The molecule has 1 unspecified atom stereocenters. The van der Waals surface area contributed by atoms with Gasteiger partial charge in [-0.2, -0.15) is 5.26 Å². The summed E-state index contributed by atoms with van der Waals surface area (Å²) in [5.41, 5.74) is 5.47. The summed E-state index contributed by atoms with van der Waals surface area (Å²) in [5, 5.41) is 18.8. The number of nitrogens with zero attached hydrogens (tertiary/aromatic N) is 3. The van der Waals surface area contributed by atoms with Crippen LogP contribution in [0.3, 0.4) is 0 Å². The molecule has 0 saturated carbocycles. The quantitative estimate of drug-likeness (QED) is 0.756. The van der Waals surface area contributed by atoms with Gasteiger partial charge in [-0.3, -0.25) is 4.79 Å². The molecule has 1 atom stereocenters. The standard InChI is InChI=1S/C10H13N5O/c1-6(2)9(10(12)16)13-8-4-3-7(5-11)14-15-8/h3-4,6,9H,1-2H3,(H2,12,16)(H,13,15). The molecule has 0 aliphatic heterocycles. The predicted octanol–water partition coefficient (Wildman–Crippen LogP) is 0.270. The minimum Gasteiger partial charge on any atom is -0.368 e. The number of nitrogens with two attached hydrogens (primary N) is 1. The molecule has 3 N–H and O–H groups in total. The van der Waals surface area contributed by atoms with Gasteiger partial charge in [0.25, 0.3) is 0 Å². The topological polar surface area (TPSA) is 105 Å². The van der Waals surface area contributed by atoms with Gasteiger partial charge in [0, 0.05) is 0 Å². The summed E-state index contributed by atoms with van der Waals surface area (Å²) in [7, 11) is 0. The summed E-state index contributed by atoms with van der Waals surface area (Å²) < 4.78 is 0. The third-order valence-corrected chi connectivity index (χ3v) is 2.06. The first-order chi connectivity index (χ1) is 7.54. The molecule has 0 fully saturated rings. The second-order valence-electron chi connectivity index (χ2n) is 3.68. The van der Waals surface area contributed by atoms with Crippen molar-refractivity contribution >= 4 is 11.7 Å². The Balaban J connectivity index is 2.78. The SMILES string of the molecule is CC(C)C(Nc1ccc(C#N)nn1)C(N)=O. The third-order valence-electron chi connectivity index (χ3n) is 2.06. The van der Waals surface area contributed by atoms with Gasteiger partial charge in [0.15, 0.2) is 5.69 Å². The lowest BCUT2D eigenvalue weighted by molar-refractivity contribution is -0.119. The maximum atomic E-state index is 11.1. The van der Waals surface area contributed by atoms with E-state index in [0.717, 1.165) is 0 Å². The number of rotatable bonds is 4. The molecule has 0 aliphatic rings. The van der Waals surface area contributed by atoms with Gasteiger partial charge in [0.05, 0.1) is 0 Å². The Morgan fingerprint density at radius 2 is 2.19 bits per heavy atom. The highest BCUT2D eigenvalue weighted by atomic mass is 16.1. The number of anilines is 1. The van der Waals surface area contributed by atoms with Crippen molar-refractivity contribution in [2.24, 2.45) is 11.7 Å². The van der Waals surface area contributed by atoms with E-state index < -0.39 is 11.9 Å². The maximum absolute atomic E-state index is 11.1. The van der Waals surface area contributed by atoms with Gasteiger partial charge in [0.2, 0.25) is 5.91 Å². The zero-order chi connectivity index (χ0) is 12.1. The van der Waals surface area contributed by atoms with E-state index in [4.69, 9.17) is 11.0 Å². The number of carbonyl (C=O) groups is 1. The fourth-order valence-electron chi connectivity index (χ4n) is 1.19. The molecule has 16 heavy (non-hydrogen) atoms. The molecule has 84 valence electrons. The van der Waals surface area contributed by atoms with Crippen molar-refractivity contribution in [3.05, 3.63) is 17.8 Å². The molecular weight excluding hydrogens is 206 g/mol. The number of nitrogens with one attached hydrogen (secondary N) is 1.